The molecular weight excluding hydrogens is 254 g/mol. The molecule has 1 rings (SSSR count). The quantitative estimate of drug-likeness (QED) is 0.542. The highest BCUT2D eigenvalue weighted by atomic mass is 16.6. The van der Waals surface area contributed by atoms with Crippen LogP contribution in [0.15, 0.2) is 0 Å². The smallest absolute Gasteiger partial charge is 0.410 e. The largest absolute Gasteiger partial charge is 0.469 e. The highest BCUT2D eigenvalue weighted by molar-refractivity contribution is 5.78. The Morgan fingerprint density at radius 2 is 1.95 bits per heavy atom. The second-order valence-electron chi connectivity index (χ2n) is 4.91. The number of hydrogen-bond donors (Lipinski definition) is 0. The fourth-order valence-corrected chi connectivity index (χ4v) is 1.65. The van der Waals surface area contributed by atoms with E-state index in [1.54, 1.807) is 20.9 Å². The lowest BCUT2D eigenvalue weighted by Crippen LogP contribution is -2.43. The van der Waals surface area contributed by atoms with Crippen LogP contribution in [-0.2, 0) is 23.8 Å². The van der Waals surface area contributed by atoms with E-state index in [9.17, 15) is 14.4 Å². The number of methoxy groups -OCH3 is 1. The summed E-state index contributed by atoms with van der Waals surface area (Å²) in [6, 6.07) is 0. The van der Waals surface area contributed by atoms with E-state index in [-0.39, 0.29) is 12.8 Å². The summed E-state index contributed by atoms with van der Waals surface area (Å²) in [5, 5.41) is 0. The van der Waals surface area contributed by atoms with Crippen molar-refractivity contribution in [2.45, 2.75) is 38.4 Å². The molecule has 108 valence electrons. The molecule has 0 aromatic rings. The van der Waals surface area contributed by atoms with Crippen LogP contribution >= 0.6 is 0 Å². The normalized spacial score (nSPS) is 19.1. The number of carbonyl (C=O) groups excluding carboxylic acids is 3. The number of nitrogens with zero attached hydrogens (tertiary/aromatic N) is 1. The number of cyclic esters (lactones) is 1. The molecule has 1 amide bonds. The summed E-state index contributed by atoms with van der Waals surface area (Å²) < 4.78 is 14.8. The summed E-state index contributed by atoms with van der Waals surface area (Å²) in [5.41, 5.74) is -0.937. The van der Waals surface area contributed by atoms with Crippen LogP contribution in [0.4, 0.5) is 4.79 Å². The van der Waals surface area contributed by atoms with Crippen molar-refractivity contribution in [3.8, 4) is 0 Å². The molecule has 19 heavy (non-hydrogen) atoms. The predicted molar refractivity (Wildman–Crippen MR) is 64.3 cm³/mol. The van der Waals surface area contributed by atoms with Crippen LogP contribution in [0.1, 0.15) is 26.7 Å². The Labute approximate surface area is 111 Å². The summed E-state index contributed by atoms with van der Waals surface area (Å²) in [7, 11) is 2.86. The molecule has 0 saturated carbocycles. The first-order valence-electron chi connectivity index (χ1n) is 5.96. The maximum absolute atomic E-state index is 11.6. The third-order valence-electron chi connectivity index (χ3n) is 2.91. The molecule has 1 saturated heterocycles. The van der Waals surface area contributed by atoms with Gasteiger partial charge in [0, 0.05) is 7.05 Å². The number of amides is 1. The van der Waals surface area contributed by atoms with Crippen molar-refractivity contribution in [3.05, 3.63) is 0 Å². The molecule has 0 spiro atoms. The Balaban J connectivity index is 2.48. The van der Waals surface area contributed by atoms with Gasteiger partial charge in [-0.05, 0) is 13.8 Å². The van der Waals surface area contributed by atoms with Crippen molar-refractivity contribution < 1.29 is 28.6 Å². The molecule has 0 bridgehead atoms. The molecule has 7 nitrogen and oxygen atoms in total. The summed E-state index contributed by atoms with van der Waals surface area (Å²) in [4.78, 5) is 35.2. The molecule has 0 radical (unpaired) electrons. The minimum Gasteiger partial charge on any atom is -0.469 e. The molecule has 1 unspecified atom stereocenters. The third kappa shape index (κ3) is 4.11. The Hall–Kier alpha value is -1.79. The average molecular weight is 273 g/mol. The lowest BCUT2D eigenvalue weighted by molar-refractivity contribution is -0.166. The van der Waals surface area contributed by atoms with E-state index >= 15 is 0 Å². The minimum absolute atomic E-state index is 0.0320. The monoisotopic (exact) mass is 273 g/mol. The number of carbonyl (C=O) groups is 3. The first-order chi connectivity index (χ1) is 8.76. The van der Waals surface area contributed by atoms with Crippen LogP contribution < -0.4 is 0 Å². The van der Waals surface area contributed by atoms with Gasteiger partial charge in [0.15, 0.2) is 6.10 Å². The van der Waals surface area contributed by atoms with Crippen LogP contribution in [0, 0.1) is 0 Å². The number of rotatable bonds is 5. The van der Waals surface area contributed by atoms with E-state index in [1.165, 1.54) is 12.0 Å². The Morgan fingerprint density at radius 3 is 2.42 bits per heavy atom. The van der Waals surface area contributed by atoms with E-state index in [1.807, 2.05) is 0 Å². The number of hydrogen-bond acceptors (Lipinski definition) is 6. The second kappa shape index (κ2) is 5.90. The number of likely N-dealkylation sites (N-methyl/N-ethyl adjacent to an activating group) is 1. The highest BCUT2D eigenvalue weighted by Gasteiger charge is 2.42. The maximum Gasteiger partial charge on any atom is 0.410 e. The minimum atomic E-state index is -0.937. The van der Waals surface area contributed by atoms with Gasteiger partial charge in [-0.25, -0.2) is 4.79 Å². The van der Waals surface area contributed by atoms with E-state index < -0.39 is 29.7 Å². The Morgan fingerprint density at radius 1 is 1.37 bits per heavy atom. The summed E-state index contributed by atoms with van der Waals surface area (Å²) in [6.07, 6.45) is -1.06. The van der Waals surface area contributed by atoms with Gasteiger partial charge in [-0.1, -0.05) is 0 Å². The van der Waals surface area contributed by atoms with E-state index in [4.69, 9.17) is 9.47 Å². The van der Waals surface area contributed by atoms with Gasteiger partial charge in [-0.2, -0.15) is 0 Å². The fourth-order valence-electron chi connectivity index (χ4n) is 1.65. The topological polar surface area (TPSA) is 82.1 Å². The SMILES string of the molecule is COC(=O)CCC(=O)OC(C)(C)C1CN(C)C(=O)O1. The molecule has 1 aliphatic rings. The zero-order valence-corrected chi connectivity index (χ0v) is 11.6. The first-order valence-corrected chi connectivity index (χ1v) is 5.96. The average Bonchev–Trinajstić information content (AvgIpc) is 2.67. The van der Waals surface area contributed by atoms with Gasteiger partial charge in [0.25, 0.3) is 0 Å². The van der Waals surface area contributed by atoms with Crippen LogP contribution in [0.2, 0.25) is 0 Å². The molecule has 1 heterocycles. The van der Waals surface area contributed by atoms with E-state index in [2.05, 4.69) is 4.74 Å². The lowest BCUT2D eigenvalue weighted by Gasteiger charge is -2.29. The lowest BCUT2D eigenvalue weighted by atomic mass is 10.0. The van der Waals surface area contributed by atoms with Gasteiger partial charge in [-0.3, -0.25) is 9.59 Å². The molecule has 1 fully saturated rings. The molecule has 0 aromatic carbocycles. The van der Waals surface area contributed by atoms with Gasteiger partial charge in [0.2, 0.25) is 0 Å². The maximum atomic E-state index is 11.6. The summed E-state index contributed by atoms with van der Waals surface area (Å²) >= 11 is 0. The van der Waals surface area contributed by atoms with Crippen molar-refractivity contribution >= 4 is 18.0 Å². The summed E-state index contributed by atoms with van der Waals surface area (Å²) in [6.45, 7) is 3.69. The molecule has 7 heteroatoms. The van der Waals surface area contributed by atoms with Crippen molar-refractivity contribution in [3.63, 3.8) is 0 Å². The first kappa shape index (κ1) is 15.3. The molecule has 0 aliphatic carbocycles. The highest BCUT2D eigenvalue weighted by Crippen LogP contribution is 2.24. The van der Waals surface area contributed by atoms with Gasteiger partial charge in [0.1, 0.15) is 5.60 Å². The molecule has 0 aromatic heterocycles. The van der Waals surface area contributed by atoms with E-state index in [0.29, 0.717) is 6.54 Å². The third-order valence-corrected chi connectivity index (χ3v) is 2.91. The van der Waals surface area contributed by atoms with Crippen LogP contribution in [0.25, 0.3) is 0 Å². The van der Waals surface area contributed by atoms with Crippen molar-refractivity contribution in [1.29, 1.82) is 0 Å². The van der Waals surface area contributed by atoms with E-state index in [0.717, 1.165) is 0 Å². The van der Waals surface area contributed by atoms with Crippen LogP contribution in [-0.4, -0.2) is 55.3 Å². The zero-order valence-electron chi connectivity index (χ0n) is 11.6. The Kier molecular flexibility index (Phi) is 4.74. The van der Waals surface area contributed by atoms with Gasteiger partial charge in [-0.15, -0.1) is 0 Å². The van der Waals surface area contributed by atoms with Crippen molar-refractivity contribution in [2.24, 2.45) is 0 Å². The molecule has 1 atom stereocenters. The molecule has 0 N–H and O–H groups in total. The van der Waals surface area contributed by atoms with Crippen LogP contribution in [0.3, 0.4) is 0 Å². The molecular formula is C12H19NO6. The Bertz CT molecular complexity index is 378. The van der Waals surface area contributed by atoms with Gasteiger partial charge < -0.3 is 19.1 Å². The predicted octanol–water partition coefficient (Wildman–Crippen LogP) is 0.712. The zero-order chi connectivity index (χ0) is 14.6. The number of esters is 2. The van der Waals surface area contributed by atoms with Crippen LogP contribution in [0.5, 0.6) is 0 Å². The van der Waals surface area contributed by atoms with Gasteiger partial charge >= 0.3 is 18.0 Å². The fraction of sp³-hybridized carbons (Fsp3) is 0.750. The number of ether oxygens (including phenoxy) is 3. The van der Waals surface area contributed by atoms with Crippen molar-refractivity contribution in [2.75, 3.05) is 20.7 Å². The van der Waals surface area contributed by atoms with Gasteiger partial charge in [0.05, 0.1) is 26.5 Å². The van der Waals surface area contributed by atoms with Crippen molar-refractivity contribution in [1.82, 2.24) is 4.90 Å². The standard InChI is InChI=1S/C12H19NO6/c1-12(2,8-7-13(3)11(16)18-8)19-10(15)6-5-9(14)17-4/h8H,5-7H2,1-4H3. The summed E-state index contributed by atoms with van der Waals surface area (Å²) in [5.74, 6) is -0.997. The molecule has 1 aliphatic heterocycles. The second-order valence-corrected chi connectivity index (χ2v) is 4.91.